The lowest BCUT2D eigenvalue weighted by Crippen LogP contribution is -1.98. The van der Waals surface area contributed by atoms with Crippen LogP contribution in [-0.2, 0) is 13.0 Å². The summed E-state index contributed by atoms with van der Waals surface area (Å²) in [5.74, 6) is 0.956. The van der Waals surface area contributed by atoms with Crippen LogP contribution >= 0.6 is 22.9 Å². The van der Waals surface area contributed by atoms with E-state index in [1.807, 2.05) is 0 Å². The van der Waals surface area contributed by atoms with Crippen LogP contribution in [0.25, 0.3) is 0 Å². The predicted octanol–water partition coefficient (Wildman–Crippen LogP) is 3.47. The standard InChI is InChI=1S/C11H15N3S2/c1-3-4-10-13-11(16-14-10)12-7-9-8(2)5-6-15-9/h5-6H,3-4,7H2,1-2H3,(H,12,13,14). The fraction of sp³-hybridized carbons (Fsp3) is 0.455. The summed E-state index contributed by atoms with van der Waals surface area (Å²) in [7, 11) is 0. The fourth-order valence-electron chi connectivity index (χ4n) is 1.39. The Labute approximate surface area is 104 Å². The van der Waals surface area contributed by atoms with Gasteiger partial charge >= 0.3 is 0 Å². The Morgan fingerprint density at radius 3 is 3.00 bits per heavy atom. The van der Waals surface area contributed by atoms with E-state index in [2.05, 4.69) is 40.0 Å². The van der Waals surface area contributed by atoms with Gasteiger partial charge in [-0.2, -0.15) is 4.37 Å². The third-order valence-electron chi connectivity index (χ3n) is 2.31. The van der Waals surface area contributed by atoms with E-state index in [0.29, 0.717) is 0 Å². The molecule has 0 aliphatic rings. The Morgan fingerprint density at radius 2 is 2.31 bits per heavy atom. The number of hydrogen-bond donors (Lipinski definition) is 1. The Bertz CT molecular complexity index is 448. The first-order valence-electron chi connectivity index (χ1n) is 5.39. The maximum absolute atomic E-state index is 4.43. The van der Waals surface area contributed by atoms with Crippen molar-refractivity contribution in [1.82, 2.24) is 9.36 Å². The molecule has 0 spiro atoms. The van der Waals surface area contributed by atoms with Gasteiger partial charge in [-0.05, 0) is 30.4 Å². The fourth-order valence-corrected chi connectivity index (χ4v) is 2.84. The average molecular weight is 253 g/mol. The molecule has 0 aromatic carbocycles. The van der Waals surface area contributed by atoms with Crippen molar-refractivity contribution in [2.24, 2.45) is 0 Å². The van der Waals surface area contributed by atoms with E-state index in [9.17, 15) is 0 Å². The van der Waals surface area contributed by atoms with Gasteiger partial charge in [0, 0.05) is 22.8 Å². The molecule has 0 amide bonds. The molecule has 16 heavy (non-hydrogen) atoms. The Kier molecular flexibility index (Phi) is 3.90. The van der Waals surface area contributed by atoms with Crippen LogP contribution in [0.2, 0.25) is 0 Å². The second-order valence-electron chi connectivity index (χ2n) is 3.65. The number of rotatable bonds is 5. The van der Waals surface area contributed by atoms with Gasteiger partial charge in [-0.25, -0.2) is 4.98 Å². The van der Waals surface area contributed by atoms with Crippen LogP contribution in [0, 0.1) is 6.92 Å². The summed E-state index contributed by atoms with van der Waals surface area (Å²) in [5, 5.41) is 6.37. The summed E-state index contributed by atoms with van der Waals surface area (Å²) in [6, 6.07) is 2.14. The molecule has 1 N–H and O–H groups in total. The van der Waals surface area contributed by atoms with Crippen molar-refractivity contribution in [2.75, 3.05) is 5.32 Å². The monoisotopic (exact) mass is 253 g/mol. The van der Waals surface area contributed by atoms with E-state index in [1.54, 1.807) is 11.3 Å². The molecule has 0 atom stereocenters. The SMILES string of the molecule is CCCc1nsc(NCc2sccc2C)n1. The van der Waals surface area contributed by atoms with E-state index in [4.69, 9.17) is 0 Å². The average Bonchev–Trinajstić information content (AvgIpc) is 2.86. The molecule has 0 bridgehead atoms. The summed E-state index contributed by atoms with van der Waals surface area (Å²) >= 11 is 3.23. The highest BCUT2D eigenvalue weighted by Gasteiger charge is 2.04. The molecule has 0 saturated heterocycles. The first-order chi connectivity index (χ1) is 7.79. The summed E-state index contributed by atoms with van der Waals surface area (Å²) < 4.78 is 4.30. The van der Waals surface area contributed by atoms with Crippen molar-refractivity contribution in [3.05, 3.63) is 27.7 Å². The highest BCUT2D eigenvalue weighted by Crippen LogP contribution is 2.18. The molecule has 2 rings (SSSR count). The quantitative estimate of drug-likeness (QED) is 0.886. The number of thiophene rings is 1. The lowest BCUT2D eigenvalue weighted by atomic mass is 10.3. The number of aryl methyl sites for hydroxylation is 2. The summed E-state index contributed by atoms with van der Waals surface area (Å²) in [6.45, 7) is 5.13. The van der Waals surface area contributed by atoms with Gasteiger partial charge in [-0.15, -0.1) is 11.3 Å². The second-order valence-corrected chi connectivity index (χ2v) is 5.40. The van der Waals surface area contributed by atoms with Crippen LogP contribution in [0.3, 0.4) is 0 Å². The van der Waals surface area contributed by atoms with Crippen LogP contribution in [0.4, 0.5) is 5.13 Å². The zero-order valence-corrected chi connectivity index (χ0v) is 11.1. The number of aromatic nitrogens is 2. The molecule has 2 aromatic heterocycles. The molecule has 0 radical (unpaired) electrons. The third-order valence-corrected chi connectivity index (χ3v) is 4.04. The summed E-state index contributed by atoms with van der Waals surface area (Å²) in [4.78, 5) is 5.80. The largest absolute Gasteiger partial charge is 0.355 e. The molecule has 0 aliphatic carbocycles. The van der Waals surface area contributed by atoms with Crippen LogP contribution in [0.1, 0.15) is 29.6 Å². The third kappa shape index (κ3) is 2.80. The maximum Gasteiger partial charge on any atom is 0.202 e. The predicted molar refractivity (Wildman–Crippen MR) is 70.3 cm³/mol. The van der Waals surface area contributed by atoms with Gasteiger partial charge in [0.15, 0.2) is 0 Å². The van der Waals surface area contributed by atoms with Gasteiger partial charge in [0.2, 0.25) is 5.13 Å². The molecule has 3 nitrogen and oxygen atoms in total. The number of nitrogens with zero attached hydrogens (tertiary/aromatic N) is 2. The molecule has 2 aromatic rings. The van der Waals surface area contributed by atoms with Crippen molar-refractivity contribution >= 4 is 28.0 Å². The topological polar surface area (TPSA) is 37.8 Å². The number of anilines is 1. The van der Waals surface area contributed by atoms with Gasteiger partial charge in [0.25, 0.3) is 0 Å². The lowest BCUT2D eigenvalue weighted by molar-refractivity contribution is 0.861. The lowest BCUT2D eigenvalue weighted by Gasteiger charge is -2.00. The van der Waals surface area contributed by atoms with E-state index < -0.39 is 0 Å². The van der Waals surface area contributed by atoms with E-state index in [0.717, 1.165) is 30.3 Å². The van der Waals surface area contributed by atoms with Crippen molar-refractivity contribution < 1.29 is 0 Å². The number of hydrogen-bond acceptors (Lipinski definition) is 5. The number of nitrogens with one attached hydrogen (secondary N) is 1. The zero-order chi connectivity index (χ0) is 11.4. The molecule has 0 fully saturated rings. The van der Waals surface area contributed by atoms with Gasteiger partial charge in [0.1, 0.15) is 5.82 Å². The van der Waals surface area contributed by atoms with E-state index in [1.165, 1.54) is 22.0 Å². The molecular weight excluding hydrogens is 238 g/mol. The van der Waals surface area contributed by atoms with Crippen LogP contribution < -0.4 is 5.32 Å². The molecule has 0 saturated carbocycles. The minimum atomic E-state index is 0.851. The minimum absolute atomic E-state index is 0.851. The highest BCUT2D eigenvalue weighted by molar-refractivity contribution is 7.10. The molecule has 86 valence electrons. The first kappa shape index (κ1) is 11.5. The van der Waals surface area contributed by atoms with E-state index in [-0.39, 0.29) is 0 Å². The van der Waals surface area contributed by atoms with Gasteiger partial charge in [0.05, 0.1) is 6.54 Å². The molecule has 0 aliphatic heterocycles. The second kappa shape index (κ2) is 5.41. The van der Waals surface area contributed by atoms with E-state index >= 15 is 0 Å². The Morgan fingerprint density at radius 1 is 1.44 bits per heavy atom. The smallest absolute Gasteiger partial charge is 0.202 e. The molecular formula is C11H15N3S2. The highest BCUT2D eigenvalue weighted by atomic mass is 32.1. The van der Waals surface area contributed by atoms with Crippen LogP contribution in [-0.4, -0.2) is 9.36 Å². The van der Waals surface area contributed by atoms with Crippen molar-refractivity contribution in [3.63, 3.8) is 0 Å². The minimum Gasteiger partial charge on any atom is -0.355 e. The van der Waals surface area contributed by atoms with Gasteiger partial charge in [-0.3, -0.25) is 0 Å². The normalized spacial score (nSPS) is 10.6. The summed E-state index contributed by atoms with van der Waals surface area (Å²) in [6.07, 6.45) is 2.07. The van der Waals surface area contributed by atoms with Gasteiger partial charge in [-0.1, -0.05) is 6.92 Å². The first-order valence-corrected chi connectivity index (χ1v) is 7.04. The Hall–Kier alpha value is -0.940. The van der Waals surface area contributed by atoms with Crippen LogP contribution in [0.5, 0.6) is 0 Å². The molecule has 5 heteroatoms. The van der Waals surface area contributed by atoms with Crippen molar-refractivity contribution in [1.29, 1.82) is 0 Å². The molecule has 0 unspecified atom stereocenters. The van der Waals surface area contributed by atoms with Crippen LogP contribution in [0.15, 0.2) is 11.4 Å². The van der Waals surface area contributed by atoms with Crippen molar-refractivity contribution in [2.45, 2.75) is 33.2 Å². The maximum atomic E-state index is 4.43. The summed E-state index contributed by atoms with van der Waals surface area (Å²) in [5.41, 5.74) is 1.34. The Balaban J connectivity index is 1.92. The zero-order valence-electron chi connectivity index (χ0n) is 9.49. The molecule has 2 heterocycles. The van der Waals surface area contributed by atoms with Gasteiger partial charge < -0.3 is 5.32 Å². The van der Waals surface area contributed by atoms with Crippen molar-refractivity contribution in [3.8, 4) is 0 Å².